The lowest BCUT2D eigenvalue weighted by molar-refractivity contribution is 0.0728. The largest absolute Gasteiger partial charge is 0.495 e. The monoisotopic (exact) mass is 474 g/mol. The Kier molecular flexibility index (Phi) is 6.25. The Morgan fingerprint density at radius 2 is 1.91 bits per heavy atom. The number of piperidine rings is 1. The number of likely N-dealkylation sites (tertiary alicyclic amines) is 1. The number of thiazole rings is 1. The number of methoxy groups -OCH3 is 1. The van der Waals surface area contributed by atoms with Gasteiger partial charge < -0.3 is 14.2 Å². The van der Waals surface area contributed by atoms with Gasteiger partial charge in [-0.15, -0.1) is 11.3 Å². The molecule has 3 heterocycles. The highest BCUT2D eigenvalue weighted by Crippen LogP contribution is 2.33. The summed E-state index contributed by atoms with van der Waals surface area (Å²) < 4.78 is 35.5. The van der Waals surface area contributed by atoms with E-state index < -0.39 is 10.0 Å². The zero-order valence-corrected chi connectivity index (χ0v) is 19.9. The second-order valence-electron chi connectivity index (χ2n) is 7.76. The highest BCUT2D eigenvalue weighted by atomic mass is 32.2. The van der Waals surface area contributed by atoms with Crippen LogP contribution in [0.25, 0.3) is 10.7 Å². The third-order valence-electron chi connectivity index (χ3n) is 5.49. The number of hydrogen-bond donors (Lipinski definition) is 1. The van der Waals surface area contributed by atoms with Gasteiger partial charge in [0.25, 0.3) is 15.9 Å². The number of aromatic nitrogens is 2. The van der Waals surface area contributed by atoms with Crippen molar-refractivity contribution in [1.82, 2.24) is 14.5 Å². The summed E-state index contributed by atoms with van der Waals surface area (Å²) in [7, 11) is -0.590. The number of para-hydroxylation sites is 2. The molecule has 1 aromatic carbocycles. The predicted octanol–water partition coefficient (Wildman–Crippen LogP) is 3.89. The van der Waals surface area contributed by atoms with E-state index in [2.05, 4.69) is 9.71 Å². The zero-order valence-electron chi connectivity index (χ0n) is 18.3. The predicted molar refractivity (Wildman–Crippen MR) is 125 cm³/mol. The highest BCUT2D eigenvalue weighted by molar-refractivity contribution is 7.92. The number of nitrogens with one attached hydrogen (secondary N) is 1. The molecular weight excluding hydrogens is 448 g/mol. The molecule has 8 nitrogen and oxygen atoms in total. The first-order valence-electron chi connectivity index (χ1n) is 10.4. The van der Waals surface area contributed by atoms with Crippen molar-refractivity contribution in [3.8, 4) is 16.5 Å². The number of carbonyl (C=O) groups is 1. The van der Waals surface area contributed by atoms with Crippen LogP contribution in [0.3, 0.4) is 0 Å². The van der Waals surface area contributed by atoms with Gasteiger partial charge in [-0.2, -0.15) is 0 Å². The molecule has 0 spiro atoms. The fraction of sp³-hybridized carbons (Fsp3) is 0.364. The summed E-state index contributed by atoms with van der Waals surface area (Å²) in [5.41, 5.74) is 1.66. The topological polar surface area (TPSA) is 93.5 Å². The Morgan fingerprint density at radius 3 is 2.62 bits per heavy atom. The van der Waals surface area contributed by atoms with Crippen LogP contribution in [0.15, 0.2) is 41.4 Å². The van der Waals surface area contributed by atoms with Crippen molar-refractivity contribution in [3.05, 3.63) is 47.1 Å². The number of carbonyl (C=O) groups excluding carboxylic acids is 1. The molecule has 1 saturated heterocycles. The van der Waals surface area contributed by atoms with E-state index in [1.807, 2.05) is 11.8 Å². The van der Waals surface area contributed by atoms with Gasteiger partial charge in [0.05, 0.1) is 24.2 Å². The smallest absolute Gasteiger partial charge is 0.265 e. The molecule has 1 aliphatic rings. The van der Waals surface area contributed by atoms with Crippen molar-refractivity contribution in [3.63, 3.8) is 0 Å². The summed E-state index contributed by atoms with van der Waals surface area (Å²) in [5, 5.41) is 0.615. The van der Waals surface area contributed by atoms with Crippen LogP contribution in [0.2, 0.25) is 0 Å². The number of ether oxygens (including phenoxy) is 1. The molecule has 4 rings (SSSR count). The van der Waals surface area contributed by atoms with E-state index in [-0.39, 0.29) is 10.8 Å². The van der Waals surface area contributed by atoms with Crippen molar-refractivity contribution in [2.45, 2.75) is 31.1 Å². The SMILES string of the molecule is COc1ccccc1NS(=O)(=O)c1cc(-c2nc(C)c(C(=O)N3CCCCC3)s2)n(C)c1. The lowest BCUT2D eigenvalue weighted by Crippen LogP contribution is -2.35. The Morgan fingerprint density at radius 1 is 1.19 bits per heavy atom. The van der Waals surface area contributed by atoms with E-state index in [4.69, 9.17) is 4.74 Å². The van der Waals surface area contributed by atoms with E-state index >= 15 is 0 Å². The molecule has 10 heteroatoms. The first-order chi connectivity index (χ1) is 15.3. The van der Waals surface area contributed by atoms with Gasteiger partial charge >= 0.3 is 0 Å². The van der Waals surface area contributed by atoms with E-state index in [0.29, 0.717) is 32.7 Å². The summed E-state index contributed by atoms with van der Waals surface area (Å²) in [5.74, 6) is 0.439. The summed E-state index contributed by atoms with van der Waals surface area (Å²) in [6.07, 6.45) is 4.74. The average molecular weight is 475 g/mol. The van der Waals surface area contributed by atoms with Gasteiger partial charge in [0.1, 0.15) is 20.5 Å². The molecule has 1 N–H and O–H groups in total. The van der Waals surface area contributed by atoms with Crippen LogP contribution < -0.4 is 9.46 Å². The van der Waals surface area contributed by atoms with Crippen LogP contribution in [-0.2, 0) is 17.1 Å². The molecule has 3 aromatic rings. The van der Waals surface area contributed by atoms with Gasteiger partial charge in [0, 0.05) is 26.3 Å². The number of amides is 1. The molecule has 0 radical (unpaired) electrons. The summed E-state index contributed by atoms with van der Waals surface area (Å²) in [6.45, 7) is 3.36. The van der Waals surface area contributed by atoms with Crippen molar-refractivity contribution in [2.24, 2.45) is 7.05 Å². The van der Waals surface area contributed by atoms with Crippen LogP contribution in [0, 0.1) is 6.92 Å². The molecule has 2 aromatic heterocycles. The maximum Gasteiger partial charge on any atom is 0.265 e. The Bertz CT molecular complexity index is 1240. The quantitative estimate of drug-likeness (QED) is 0.585. The minimum Gasteiger partial charge on any atom is -0.495 e. The third-order valence-corrected chi connectivity index (χ3v) is 8.00. The van der Waals surface area contributed by atoms with E-state index in [9.17, 15) is 13.2 Å². The van der Waals surface area contributed by atoms with Gasteiger partial charge in [0.2, 0.25) is 0 Å². The lowest BCUT2D eigenvalue weighted by atomic mass is 10.1. The minimum absolute atomic E-state index is 0.00541. The minimum atomic E-state index is -3.84. The van der Waals surface area contributed by atoms with Gasteiger partial charge in [-0.1, -0.05) is 12.1 Å². The van der Waals surface area contributed by atoms with Crippen LogP contribution in [0.4, 0.5) is 5.69 Å². The van der Waals surface area contributed by atoms with Crippen LogP contribution in [0.1, 0.15) is 34.6 Å². The van der Waals surface area contributed by atoms with Crippen molar-refractivity contribution >= 4 is 33.0 Å². The van der Waals surface area contributed by atoms with Crippen molar-refractivity contribution in [2.75, 3.05) is 24.9 Å². The molecule has 0 aliphatic carbocycles. The normalized spacial score (nSPS) is 14.4. The second-order valence-corrected chi connectivity index (χ2v) is 10.4. The van der Waals surface area contributed by atoms with Crippen LogP contribution >= 0.6 is 11.3 Å². The maximum atomic E-state index is 13.0. The number of rotatable bonds is 6. The molecule has 1 fully saturated rings. The standard InChI is InChI=1S/C22H26N4O4S2/c1-15-20(22(27)26-11-7-4-8-12-26)31-21(23-15)18-13-16(14-25(18)2)32(28,29)24-17-9-5-6-10-19(17)30-3/h5-6,9-10,13-14,24H,4,7-8,11-12H2,1-3H3. The molecule has 0 unspecified atom stereocenters. The van der Waals surface area contributed by atoms with Crippen molar-refractivity contribution < 1.29 is 17.9 Å². The van der Waals surface area contributed by atoms with E-state index in [1.165, 1.54) is 24.6 Å². The van der Waals surface area contributed by atoms with Crippen LogP contribution in [-0.4, -0.2) is 49.0 Å². The molecule has 0 atom stereocenters. The highest BCUT2D eigenvalue weighted by Gasteiger charge is 2.25. The third kappa shape index (κ3) is 4.37. The van der Waals surface area contributed by atoms with Crippen LogP contribution in [0.5, 0.6) is 5.75 Å². The van der Waals surface area contributed by atoms with E-state index in [1.54, 1.807) is 41.9 Å². The summed E-state index contributed by atoms with van der Waals surface area (Å²) >= 11 is 1.30. The number of sulfonamides is 1. The summed E-state index contributed by atoms with van der Waals surface area (Å²) in [6, 6.07) is 8.41. The Balaban J connectivity index is 1.62. The van der Waals surface area contributed by atoms with Gasteiger partial charge in [-0.25, -0.2) is 13.4 Å². The van der Waals surface area contributed by atoms with Gasteiger partial charge in [-0.05, 0) is 44.4 Å². The van der Waals surface area contributed by atoms with E-state index in [0.717, 1.165) is 32.4 Å². The summed E-state index contributed by atoms with van der Waals surface area (Å²) in [4.78, 5) is 20.1. The van der Waals surface area contributed by atoms with Gasteiger partial charge in [0.15, 0.2) is 0 Å². The van der Waals surface area contributed by atoms with Crippen molar-refractivity contribution in [1.29, 1.82) is 0 Å². The molecule has 1 amide bonds. The number of benzene rings is 1. The molecular formula is C22H26N4O4S2. The zero-order chi connectivity index (χ0) is 22.9. The Hall–Kier alpha value is -2.85. The average Bonchev–Trinajstić information content (AvgIpc) is 3.37. The second kappa shape index (κ2) is 8.95. The molecule has 1 aliphatic heterocycles. The first kappa shape index (κ1) is 22.3. The fourth-order valence-corrected chi connectivity index (χ4v) is 6.00. The number of aryl methyl sites for hydroxylation is 2. The number of anilines is 1. The molecule has 170 valence electrons. The first-order valence-corrected chi connectivity index (χ1v) is 12.7. The lowest BCUT2D eigenvalue weighted by Gasteiger charge is -2.26. The fourth-order valence-electron chi connectivity index (χ4n) is 3.77. The number of hydrogen-bond acceptors (Lipinski definition) is 6. The molecule has 0 saturated carbocycles. The molecule has 0 bridgehead atoms. The Labute approximate surface area is 191 Å². The van der Waals surface area contributed by atoms with Gasteiger partial charge in [-0.3, -0.25) is 9.52 Å². The molecule has 32 heavy (non-hydrogen) atoms. The number of nitrogens with zero attached hydrogens (tertiary/aromatic N) is 3. The maximum absolute atomic E-state index is 13.0.